The lowest BCUT2D eigenvalue weighted by Crippen LogP contribution is -2.14. The summed E-state index contributed by atoms with van der Waals surface area (Å²) >= 11 is 3.42. The molecule has 1 heterocycles. The van der Waals surface area contributed by atoms with Crippen LogP contribution in [-0.2, 0) is 15.9 Å². The van der Waals surface area contributed by atoms with E-state index in [1.807, 2.05) is 24.3 Å². The van der Waals surface area contributed by atoms with Gasteiger partial charge in [-0.05, 0) is 17.7 Å². The summed E-state index contributed by atoms with van der Waals surface area (Å²) in [7, 11) is 0. The fourth-order valence-corrected chi connectivity index (χ4v) is 2.13. The van der Waals surface area contributed by atoms with E-state index in [2.05, 4.69) is 22.0 Å². The zero-order chi connectivity index (χ0) is 11.4. The van der Waals surface area contributed by atoms with Crippen LogP contribution in [-0.4, -0.2) is 19.0 Å². The largest absolute Gasteiger partial charge is 0.350 e. The lowest BCUT2D eigenvalue weighted by molar-refractivity contribution is -0.0548. The van der Waals surface area contributed by atoms with Crippen molar-refractivity contribution in [3.63, 3.8) is 0 Å². The quantitative estimate of drug-likeness (QED) is 0.856. The summed E-state index contributed by atoms with van der Waals surface area (Å²) in [4.78, 5) is 0. The van der Waals surface area contributed by atoms with E-state index in [0.717, 1.165) is 16.5 Å². The Morgan fingerprint density at radius 2 is 2.38 bits per heavy atom. The molecule has 3 nitrogen and oxygen atoms in total. The zero-order valence-corrected chi connectivity index (χ0v) is 10.3. The van der Waals surface area contributed by atoms with Crippen LogP contribution in [0, 0.1) is 11.3 Å². The Labute approximate surface area is 103 Å². The normalized spacial score (nSPS) is 24.2. The van der Waals surface area contributed by atoms with Gasteiger partial charge in [0.1, 0.15) is 0 Å². The first-order valence-corrected chi connectivity index (χ1v) is 5.95. The van der Waals surface area contributed by atoms with Crippen LogP contribution in [0.15, 0.2) is 28.7 Å². The first-order chi connectivity index (χ1) is 7.78. The number of hydrogen-bond acceptors (Lipinski definition) is 3. The summed E-state index contributed by atoms with van der Waals surface area (Å²) in [6.07, 6.45) is 0.839. The standard InChI is InChI=1S/C12H12BrNO2/c13-10-3-1-2-9(6-10)7-12-15-8-11(16-12)4-5-14/h1-3,6,11-12H,4,7-8H2. The first kappa shape index (κ1) is 11.6. The summed E-state index contributed by atoms with van der Waals surface area (Å²) in [5.41, 5.74) is 1.16. The minimum absolute atomic E-state index is 0.0675. The molecule has 0 aromatic heterocycles. The predicted octanol–water partition coefficient (Wildman–Crippen LogP) is 2.65. The fraction of sp³-hybridized carbons (Fsp3) is 0.417. The van der Waals surface area contributed by atoms with Gasteiger partial charge in [0, 0.05) is 10.9 Å². The molecule has 1 aliphatic heterocycles. The molecule has 0 spiro atoms. The van der Waals surface area contributed by atoms with Crippen molar-refractivity contribution in [2.45, 2.75) is 25.2 Å². The molecule has 0 saturated carbocycles. The van der Waals surface area contributed by atoms with Gasteiger partial charge >= 0.3 is 0 Å². The second-order valence-corrected chi connectivity index (χ2v) is 4.63. The molecule has 0 amide bonds. The third-order valence-electron chi connectivity index (χ3n) is 2.42. The molecule has 1 aliphatic rings. The third-order valence-corrected chi connectivity index (χ3v) is 2.92. The van der Waals surface area contributed by atoms with Gasteiger partial charge in [-0.3, -0.25) is 0 Å². The molecule has 0 aliphatic carbocycles. The molecule has 1 saturated heterocycles. The smallest absolute Gasteiger partial charge is 0.162 e. The molecule has 16 heavy (non-hydrogen) atoms. The zero-order valence-electron chi connectivity index (χ0n) is 8.73. The average molecular weight is 282 g/mol. The maximum absolute atomic E-state index is 8.55. The van der Waals surface area contributed by atoms with Gasteiger partial charge in [0.05, 0.1) is 25.2 Å². The van der Waals surface area contributed by atoms with Gasteiger partial charge in [-0.2, -0.15) is 5.26 Å². The second-order valence-electron chi connectivity index (χ2n) is 3.72. The maximum Gasteiger partial charge on any atom is 0.162 e. The number of halogens is 1. The number of hydrogen-bond donors (Lipinski definition) is 0. The average Bonchev–Trinajstić information content (AvgIpc) is 2.66. The van der Waals surface area contributed by atoms with Crippen LogP contribution in [0.1, 0.15) is 12.0 Å². The molecule has 0 N–H and O–H groups in total. The Morgan fingerprint density at radius 3 is 3.12 bits per heavy atom. The monoisotopic (exact) mass is 281 g/mol. The van der Waals surface area contributed by atoms with E-state index in [1.165, 1.54) is 0 Å². The molecule has 1 aromatic carbocycles. The van der Waals surface area contributed by atoms with Crippen molar-refractivity contribution in [1.82, 2.24) is 0 Å². The molecule has 2 rings (SSSR count). The Morgan fingerprint density at radius 1 is 1.50 bits per heavy atom. The van der Waals surface area contributed by atoms with Gasteiger partial charge in [-0.1, -0.05) is 28.1 Å². The van der Waals surface area contributed by atoms with Crippen LogP contribution in [0.2, 0.25) is 0 Å². The molecule has 1 aromatic rings. The minimum atomic E-state index is -0.215. The van der Waals surface area contributed by atoms with Crippen molar-refractivity contribution in [3.8, 4) is 6.07 Å². The van der Waals surface area contributed by atoms with E-state index in [1.54, 1.807) is 0 Å². The highest BCUT2D eigenvalue weighted by molar-refractivity contribution is 9.10. The van der Waals surface area contributed by atoms with E-state index >= 15 is 0 Å². The second kappa shape index (κ2) is 5.44. The van der Waals surface area contributed by atoms with Crippen molar-refractivity contribution in [3.05, 3.63) is 34.3 Å². The van der Waals surface area contributed by atoms with Crippen molar-refractivity contribution in [2.75, 3.05) is 6.61 Å². The Hall–Kier alpha value is -0.890. The molecular weight excluding hydrogens is 270 g/mol. The van der Waals surface area contributed by atoms with Crippen LogP contribution in [0.3, 0.4) is 0 Å². The summed E-state index contributed by atoms with van der Waals surface area (Å²) in [5, 5.41) is 8.55. The van der Waals surface area contributed by atoms with Crippen LogP contribution < -0.4 is 0 Å². The van der Waals surface area contributed by atoms with Crippen LogP contribution in [0.4, 0.5) is 0 Å². The molecular formula is C12H12BrNO2. The SMILES string of the molecule is N#CCC1COC(Cc2cccc(Br)c2)O1. The van der Waals surface area contributed by atoms with Crippen molar-refractivity contribution in [2.24, 2.45) is 0 Å². The third kappa shape index (κ3) is 3.05. The Bertz CT molecular complexity index is 402. The molecule has 1 fully saturated rings. The fourth-order valence-electron chi connectivity index (χ4n) is 1.68. The van der Waals surface area contributed by atoms with Crippen molar-refractivity contribution < 1.29 is 9.47 Å². The number of rotatable bonds is 3. The van der Waals surface area contributed by atoms with Gasteiger partial charge in [0.15, 0.2) is 6.29 Å². The van der Waals surface area contributed by atoms with Gasteiger partial charge in [0.25, 0.3) is 0 Å². The number of nitrogens with zero attached hydrogens (tertiary/aromatic N) is 1. The number of ether oxygens (including phenoxy) is 2. The van der Waals surface area contributed by atoms with Crippen LogP contribution in [0.25, 0.3) is 0 Å². The van der Waals surface area contributed by atoms with Gasteiger partial charge < -0.3 is 9.47 Å². The van der Waals surface area contributed by atoms with E-state index in [9.17, 15) is 0 Å². The molecule has 4 heteroatoms. The molecule has 0 radical (unpaired) electrons. The summed E-state index contributed by atoms with van der Waals surface area (Å²) in [6.45, 7) is 0.520. The first-order valence-electron chi connectivity index (χ1n) is 5.16. The summed E-state index contributed by atoms with van der Waals surface area (Å²) in [5.74, 6) is 0. The predicted molar refractivity (Wildman–Crippen MR) is 62.7 cm³/mol. The van der Waals surface area contributed by atoms with E-state index in [0.29, 0.717) is 13.0 Å². The Balaban J connectivity index is 1.90. The van der Waals surface area contributed by atoms with Crippen LogP contribution >= 0.6 is 15.9 Å². The highest BCUT2D eigenvalue weighted by atomic mass is 79.9. The van der Waals surface area contributed by atoms with Crippen molar-refractivity contribution >= 4 is 15.9 Å². The van der Waals surface area contributed by atoms with E-state index < -0.39 is 0 Å². The van der Waals surface area contributed by atoms with Crippen molar-refractivity contribution in [1.29, 1.82) is 5.26 Å². The highest BCUT2D eigenvalue weighted by Crippen LogP contribution is 2.19. The molecule has 2 unspecified atom stereocenters. The minimum Gasteiger partial charge on any atom is -0.350 e. The summed E-state index contributed by atoms with van der Waals surface area (Å²) in [6, 6.07) is 10.1. The highest BCUT2D eigenvalue weighted by Gasteiger charge is 2.25. The molecule has 2 atom stereocenters. The number of nitriles is 1. The van der Waals surface area contributed by atoms with E-state index in [4.69, 9.17) is 14.7 Å². The topological polar surface area (TPSA) is 42.2 Å². The van der Waals surface area contributed by atoms with Gasteiger partial charge in [0.2, 0.25) is 0 Å². The van der Waals surface area contributed by atoms with Gasteiger partial charge in [-0.25, -0.2) is 0 Å². The molecule has 0 bridgehead atoms. The molecule has 84 valence electrons. The Kier molecular flexibility index (Phi) is 3.94. The number of benzene rings is 1. The lowest BCUT2D eigenvalue weighted by Gasteiger charge is -2.10. The van der Waals surface area contributed by atoms with Gasteiger partial charge in [-0.15, -0.1) is 0 Å². The lowest BCUT2D eigenvalue weighted by atomic mass is 10.1. The maximum atomic E-state index is 8.55. The summed E-state index contributed by atoms with van der Waals surface area (Å²) < 4.78 is 12.1. The van der Waals surface area contributed by atoms with Crippen LogP contribution in [0.5, 0.6) is 0 Å². The van der Waals surface area contributed by atoms with E-state index in [-0.39, 0.29) is 12.4 Å².